The molecule has 0 aliphatic carbocycles. The number of hydrogen-bond acceptors (Lipinski definition) is 2. The van der Waals surface area contributed by atoms with Crippen LogP contribution in [0, 0.1) is 41.5 Å². The second kappa shape index (κ2) is 15.6. The fourth-order valence-corrected chi connectivity index (χ4v) is 44.7. The molecule has 0 bridgehead atoms. The molecule has 0 unspecified atom stereocenters. The molecule has 0 atom stereocenters. The zero-order chi connectivity index (χ0) is 45.4. The summed E-state index contributed by atoms with van der Waals surface area (Å²) in [6.45, 7) is 61.4. The van der Waals surface area contributed by atoms with Crippen molar-refractivity contribution in [2.75, 3.05) is 0 Å². The molecule has 60 heavy (non-hydrogen) atoms. The van der Waals surface area contributed by atoms with Gasteiger partial charge < -0.3 is 0 Å². The van der Waals surface area contributed by atoms with E-state index in [1.807, 2.05) is 5.31 Å². The molecule has 2 aromatic carbocycles. The van der Waals surface area contributed by atoms with Crippen LogP contribution in [0.15, 0.2) is 36.4 Å². The van der Waals surface area contributed by atoms with Crippen LogP contribution in [0.25, 0.3) is 10.8 Å². The minimum absolute atomic E-state index is 0.0537. The van der Waals surface area contributed by atoms with E-state index in [4.69, 9.17) is 0 Å². The van der Waals surface area contributed by atoms with Gasteiger partial charge in [-0.2, -0.15) is 16.4 Å². The molecule has 2 aliphatic heterocycles. The third kappa shape index (κ3) is 6.13. The van der Waals surface area contributed by atoms with E-state index in [-0.39, 0.29) is 10.3 Å². The lowest BCUT2D eigenvalue weighted by atomic mass is 9.12. The van der Waals surface area contributed by atoms with E-state index in [9.17, 15) is 0 Å². The van der Waals surface area contributed by atoms with Crippen LogP contribution in [0.1, 0.15) is 168 Å². The monoisotopic (exact) mass is 895 g/mol. The molecule has 2 aliphatic rings. The summed E-state index contributed by atoms with van der Waals surface area (Å²) in [5.41, 5.74) is 19.2. The number of fused-ring (bicyclic) bond motifs is 4. The van der Waals surface area contributed by atoms with E-state index >= 15 is 0 Å². The molecule has 4 aromatic rings. The molecule has 0 saturated heterocycles. The van der Waals surface area contributed by atoms with Crippen LogP contribution in [0.4, 0.5) is 0 Å². The van der Waals surface area contributed by atoms with Gasteiger partial charge in [-0.15, -0.1) is 28.1 Å². The predicted molar refractivity (Wildman–Crippen MR) is 289 cm³/mol. The Balaban J connectivity index is 2.04. The molecule has 328 valence electrons. The molecule has 0 fully saturated rings. The Bertz CT molecular complexity index is 2190. The number of rotatable bonds is 10. The van der Waals surface area contributed by atoms with Crippen molar-refractivity contribution in [2.24, 2.45) is 0 Å². The van der Waals surface area contributed by atoms with Crippen molar-refractivity contribution >= 4 is 93.7 Å². The summed E-state index contributed by atoms with van der Waals surface area (Å²) < 4.78 is 3.54. The Morgan fingerprint density at radius 2 is 0.783 bits per heavy atom. The van der Waals surface area contributed by atoms with Crippen LogP contribution in [0.2, 0.25) is 33.2 Å². The first-order valence-electron chi connectivity index (χ1n) is 23.7. The first-order valence-corrected chi connectivity index (χ1v) is 31.6. The first kappa shape index (κ1) is 48.0. The van der Waals surface area contributed by atoms with Gasteiger partial charge in [-0.1, -0.05) is 147 Å². The van der Waals surface area contributed by atoms with E-state index in [1.165, 1.54) is 33.4 Å². The summed E-state index contributed by atoms with van der Waals surface area (Å²) in [6, 6.07) is 16.0. The van der Waals surface area contributed by atoms with Gasteiger partial charge in [-0.25, -0.2) is 0 Å². The van der Waals surface area contributed by atoms with Gasteiger partial charge in [0.05, 0.1) is 22.9 Å². The summed E-state index contributed by atoms with van der Waals surface area (Å²) in [4.78, 5) is 3.36. The number of thiophene rings is 2. The predicted octanol–water partition coefficient (Wildman–Crippen LogP) is 14.6. The molecule has 2 aromatic heterocycles. The molecule has 6 rings (SSSR count). The summed E-state index contributed by atoms with van der Waals surface area (Å²) in [7, 11) is -6.15. The van der Waals surface area contributed by atoms with Crippen molar-refractivity contribution in [1.82, 2.24) is 0 Å². The highest BCUT2D eigenvalue weighted by molar-refractivity contribution is 7.96. The van der Waals surface area contributed by atoms with Gasteiger partial charge in [0.2, 0.25) is 0 Å². The molecule has 0 saturated carbocycles. The molecule has 0 nitrogen and oxygen atoms in total. The van der Waals surface area contributed by atoms with Crippen molar-refractivity contribution in [3.63, 3.8) is 0 Å². The standard InChI is InChI=1S/C54H84BPS2Si2/c1-31(2)59(32(3)4,33(5)6)45-29-43-51(57-45)50-49(55(43,47-39(15)25-37(13)26-40(47)16)48-41(17)27-38(14)28-42(48)18)52-44(56(50,53(19,20)21)54(22,23)24)30-46(58-52)60(34(7)8,35(9)10)36(11)12/h25-36H,1-24H3. The molecular formula is C54H84BPS2Si2. The quantitative estimate of drug-likeness (QED) is 0.110. The Hall–Kier alpha value is -1.49. The SMILES string of the molecule is Cc1cc(C)c([B-]2(c3c(C)cc(C)cc3C)C3=C(c4sc([Si](C(C)C)(C(C)C)C(C)C)cc42)[P+](C(C)(C)C)(C(C)(C)C)c2cc([Si](C(C)C)(C(C)C)C(C)C)sc23)c(C)c1. The average Bonchev–Trinajstić information content (AvgIpc) is 3.78. The lowest BCUT2D eigenvalue weighted by Crippen LogP contribution is -2.70. The van der Waals surface area contributed by atoms with E-state index in [1.54, 1.807) is 45.9 Å². The summed E-state index contributed by atoms with van der Waals surface area (Å²) in [6.07, 6.45) is -1.58. The van der Waals surface area contributed by atoms with Gasteiger partial charge >= 0.3 is 0 Å². The fraction of sp³-hybridized carbons (Fsp3) is 0.593. The number of aryl methyl sites for hydroxylation is 6. The Labute approximate surface area is 380 Å². The fourth-order valence-electron chi connectivity index (χ4n) is 16.0. The van der Waals surface area contributed by atoms with Crippen molar-refractivity contribution in [2.45, 2.75) is 210 Å². The summed E-state index contributed by atoms with van der Waals surface area (Å²) in [5.74, 6) is 0. The molecule has 0 N–H and O–H groups in total. The van der Waals surface area contributed by atoms with Gasteiger partial charge in [0.15, 0.2) is 0 Å². The summed E-state index contributed by atoms with van der Waals surface area (Å²) in [5, 5.41) is 3.68. The van der Waals surface area contributed by atoms with Crippen molar-refractivity contribution in [3.8, 4) is 0 Å². The first-order chi connectivity index (χ1) is 27.5. The van der Waals surface area contributed by atoms with Gasteiger partial charge in [0, 0.05) is 9.75 Å². The number of hydrogen-bond donors (Lipinski definition) is 0. The van der Waals surface area contributed by atoms with Gasteiger partial charge in [-0.05, 0) is 131 Å². The maximum Gasteiger partial charge on any atom is 0.118 e. The second-order valence-corrected chi connectivity index (χ2v) is 43.3. The highest BCUT2D eigenvalue weighted by atomic mass is 32.1. The topological polar surface area (TPSA) is 0 Å². The van der Waals surface area contributed by atoms with Gasteiger partial charge in [0.25, 0.3) is 0 Å². The minimum Gasteiger partial charge on any atom is -0.189 e. The second-order valence-electron chi connectivity index (χ2n) is 23.8. The average molecular weight is 895 g/mol. The van der Waals surface area contributed by atoms with Crippen LogP contribution in [-0.2, 0) is 0 Å². The lowest BCUT2D eigenvalue weighted by molar-refractivity contribution is 0.705. The van der Waals surface area contributed by atoms with E-state index in [0.717, 1.165) is 0 Å². The third-order valence-electron chi connectivity index (χ3n) is 16.7. The smallest absolute Gasteiger partial charge is 0.118 e. The zero-order valence-corrected chi connectivity index (χ0v) is 47.3. The van der Waals surface area contributed by atoms with Gasteiger partial charge in [0.1, 0.15) is 27.6 Å². The lowest BCUT2D eigenvalue weighted by Gasteiger charge is -2.47. The molecule has 4 heterocycles. The normalized spacial score (nSPS) is 16.8. The maximum absolute atomic E-state index is 2.93. The molecule has 0 amide bonds. The maximum atomic E-state index is 2.93. The minimum atomic E-state index is -2.14. The summed E-state index contributed by atoms with van der Waals surface area (Å²) >= 11 is 4.61. The van der Waals surface area contributed by atoms with E-state index < -0.39 is 29.6 Å². The molecule has 6 heteroatoms. The van der Waals surface area contributed by atoms with Crippen LogP contribution in [0.3, 0.4) is 0 Å². The van der Waals surface area contributed by atoms with Crippen LogP contribution >= 0.6 is 29.9 Å². The molecule has 0 radical (unpaired) electrons. The third-order valence-corrected chi connectivity index (χ3v) is 41.4. The zero-order valence-electron chi connectivity index (χ0n) is 42.8. The van der Waals surface area contributed by atoms with Crippen molar-refractivity contribution in [3.05, 3.63) is 79.5 Å². The largest absolute Gasteiger partial charge is 0.189 e. The van der Waals surface area contributed by atoms with Crippen LogP contribution in [0.5, 0.6) is 0 Å². The number of benzene rings is 2. The Morgan fingerprint density at radius 1 is 0.467 bits per heavy atom. The highest BCUT2D eigenvalue weighted by Gasteiger charge is 2.71. The van der Waals surface area contributed by atoms with Crippen molar-refractivity contribution < 1.29 is 0 Å². The van der Waals surface area contributed by atoms with Crippen LogP contribution in [-0.4, -0.2) is 32.6 Å². The highest BCUT2D eigenvalue weighted by Crippen LogP contribution is 2.88. The van der Waals surface area contributed by atoms with Gasteiger partial charge in [-0.3, -0.25) is 0 Å². The van der Waals surface area contributed by atoms with Crippen LogP contribution < -0.4 is 30.7 Å². The van der Waals surface area contributed by atoms with Crippen molar-refractivity contribution in [1.29, 1.82) is 0 Å². The van der Waals surface area contributed by atoms with E-state index in [0.29, 0.717) is 33.2 Å². The Morgan fingerprint density at radius 3 is 1.10 bits per heavy atom. The molecular weight excluding hydrogens is 811 g/mol. The molecule has 0 spiro atoms. The Kier molecular flexibility index (Phi) is 12.5. The van der Waals surface area contributed by atoms with E-state index in [2.05, 4.69) is 225 Å².